The highest BCUT2D eigenvalue weighted by molar-refractivity contribution is 5.91. The molecular weight excluding hydrogens is 456 g/mol. The zero-order valence-electron chi connectivity index (χ0n) is 20.4. The number of carbonyl (C=O) groups excluding carboxylic acids is 3. The molecule has 0 aliphatic carbocycles. The van der Waals surface area contributed by atoms with Crippen LogP contribution in [0.2, 0.25) is 0 Å². The molecule has 36 heavy (non-hydrogen) atoms. The van der Waals surface area contributed by atoms with Gasteiger partial charge in [-0.05, 0) is 67.8 Å². The summed E-state index contributed by atoms with van der Waals surface area (Å²) in [6.45, 7) is 15.5. The molecule has 0 aliphatic heterocycles. The summed E-state index contributed by atoms with van der Waals surface area (Å²) < 4.78 is 16.1. The first-order valence-electron chi connectivity index (χ1n) is 11.0. The van der Waals surface area contributed by atoms with Gasteiger partial charge in [0, 0.05) is 22.3 Å². The van der Waals surface area contributed by atoms with Gasteiger partial charge in [-0.15, -0.1) is 0 Å². The van der Waals surface area contributed by atoms with Gasteiger partial charge in [-0.3, -0.25) is 0 Å². The van der Waals surface area contributed by atoms with Crippen LogP contribution in [-0.4, -0.2) is 17.9 Å². The highest BCUT2D eigenvalue weighted by Crippen LogP contribution is 2.36. The molecule has 0 bridgehead atoms. The highest BCUT2D eigenvalue weighted by Gasteiger charge is 2.15. The molecule has 0 unspecified atom stereocenters. The Kier molecular flexibility index (Phi) is 8.02. The van der Waals surface area contributed by atoms with E-state index in [0.717, 1.165) is 16.7 Å². The summed E-state index contributed by atoms with van der Waals surface area (Å²) in [5.41, 5.74) is 3.89. The Morgan fingerprint density at radius 3 is 1.36 bits per heavy atom. The Hall–Kier alpha value is -4.71. The summed E-state index contributed by atoms with van der Waals surface area (Å²) in [7, 11) is 0. The van der Waals surface area contributed by atoms with Crippen LogP contribution in [0.5, 0.6) is 17.2 Å². The molecule has 0 aliphatic rings. The average molecular weight is 483 g/mol. The quantitative estimate of drug-likeness (QED) is 0.208. The third kappa shape index (κ3) is 6.45. The minimum Gasteiger partial charge on any atom is -0.423 e. The van der Waals surface area contributed by atoms with Crippen LogP contribution >= 0.6 is 0 Å². The van der Waals surface area contributed by atoms with Gasteiger partial charge in [0.1, 0.15) is 17.2 Å². The lowest BCUT2D eigenvalue weighted by molar-refractivity contribution is -0.130. The average Bonchev–Trinajstić information content (AvgIpc) is 2.84. The summed E-state index contributed by atoms with van der Waals surface area (Å²) in [5.74, 6) is -0.460. The normalized spacial score (nSPS) is 10.2. The molecule has 3 aromatic rings. The summed E-state index contributed by atoms with van der Waals surface area (Å²) in [5, 5.41) is 0. The van der Waals surface area contributed by atoms with Crippen LogP contribution in [-0.2, 0) is 14.4 Å². The first-order valence-corrected chi connectivity index (χ1v) is 11.0. The molecule has 0 amide bonds. The van der Waals surface area contributed by atoms with Crippen molar-refractivity contribution in [2.75, 3.05) is 0 Å². The van der Waals surface area contributed by atoms with Gasteiger partial charge < -0.3 is 14.2 Å². The van der Waals surface area contributed by atoms with Crippen molar-refractivity contribution in [1.29, 1.82) is 0 Å². The molecule has 0 fully saturated rings. The van der Waals surface area contributed by atoms with E-state index in [1.807, 2.05) is 12.1 Å². The van der Waals surface area contributed by atoms with Crippen molar-refractivity contribution in [3.63, 3.8) is 0 Å². The molecule has 0 saturated heterocycles. The van der Waals surface area contributed by atoms with Gasteiger partial charge in [0.2, 0.25) is 0 Å². The highest BCUT2D eigenvalue weighted by atomic mass is 16.5. The third-order valence-corrected chi connectivity index (χ3v) is 5.00. The van der Waals surface area contributed by atoms with Crippen LogP contribution in [0.4, 0.5) is 0 Å². The number of carbonyl (C=O) groups is 3. The second-order valence-electron chi connectivity index (χ2n) is 8.27. The lowest BCUT2D eigenvalue weighted by Gasteiger charge is -2.14. The molecule has 0 aromatic heterocycles. The Bertz CT molecular complexity index is 1360. The molecule has 3 aromatic carbocycles. The van der Waals surface area contributed by atoms with Gasteiger partial charge in [-0.2, -0.15) is 0 Å². The third-order valence-electron chi connectivity index (χ3n) is 5.00. The smallest absolute Gasteiger partial charge is 0.338 e. The van der Waals surface area contributed by atoms with Crippen molar-refractivity contribution < 1.29 is 28.6 Å². The second kappa shape index (κ2) is 11.1. The Labute approximate surface area is 210 Å². The van der Waals surface area contributed by atoms with Crippen molar-refractivity contribution in [2.24, 2.45) is 0 Å². The SMILES string of the molecule is C=C(C)C(=O)Oc1ccc(-c2ccc(-c3ccc(OC(=O)C(=C)C)cc3)c(OC(=O)C(=C)C)c2)cc1. The lowest BCUT2D eigenvalue weighted by Crippen LogP contribution is -2.09. The van der Waals surface area contributed by atoms with Crippen LogP contribution in [0.25, 0.3) is 22.3 Å². The predicted molar refractivity (Wildman–Crippen MR) is 139 cm³/mol. The van der Waals surface area contributed by atoms with Crippen LogP contribution < -0.4 is 14.2 Å². The van der Waals surface area contributed by atoms with E-state index in [4.69, 9.17) is 14.2 Å². The van der Waals surface area contributed by atoms with Gasteiger partial charge in [0.15, 0.2) is 0 Å². The standard InChI is InChI=1S/C30H26O6/c1-18(2)28(31)34-24-12-7-21(8-13-24)23-11-16-26(27(17-23)36-30(33)20(5)6)22-9-14-25(15-10-22)35-29(32)19(3)4/h7-17H,1,3,5H2,2,4,6H3. The van der Waals surface area contributed by atoms with Crippen LogP contribution in [0, 0.1) is 0 Å². The van der Waals surface area contributed by atoms with Gasteiger partial charge in [-0.25, -0.2) is 14.4 Å². The maximum Gasteiger partial charge on any atom is 0.338 e. The number of ether oxygens (including phenoxy) is 3. The summed E-state index contributed by atoms with van der Waals surface area (Å²) in [6, 6.07) is 19.2. The lowest BCUT2D eigenvalue weighted by atomic mass is 9.99. The molecule has 182 valence electrons. The maximum atomic E-state index is 12.3. The molecule has 3 rings (SSSR count). The number of benzene rings is 3. The summed E-state index contributed by atoms with van der Waals surface area (Å²) in [4.78, 5) is 35.8. The topological polar surface area (TPSA) is 78.9 Å². The number of hydrogen-bond acceptors (Lipinski definition) is 6. The largest absolute Gasteiger partial charge is 0.423 e. The van der Waals surface area contributed by atoms with E-state index < -0.39 is 17.9 Å². The molecule has 6 nitrogen and oxygen atoms in total. The summed E-state index contributed by atoms with van der Waals surface area (Å²) >= 11 is 0. The van der Waals surface area contributed by atoms with Gasteiger partial charge in [-0.1, -0.05) is 56.1 Å². The van der Waals surface area contributed by atoms with E-state index >= 15 is 0 Å². The van der Waals surface area contributed by atoms with Gasteiger partial charge in [0.05, 0.1) is 0 Å². The molecule has 0 saturated carbocycles. The fourth-order valence-electron chi connectivity index (χ4n) is 3.02. The Morgan fingerprint density at radius 2 is 0.917 bits per heavy atom. The van der Waals surface area contributed by atoms with Crippen LogP contribution in [0.3, 0.4) is 0 Å². The van der Waals surface area contributed by atoms with Crippen molar-refractivity contribution >= 4 is 17.9 Å². The number of rotatable bonds is 8. The molecule has 0 heterocycles. The van der Waals surface area contributed by atoms with E-state index in [2.05, 4.69) is 19.7 Å². The van der Waals surface area contributed by atoms with E-state index in [-0.39, 0.29) is 5.57 Å². The fourth-order valence-corrected chi connectivity index (χ4v) is 3.02. The molecule has 6 heteroatoms. The number of hydrogen-bond donors (Lipinski definition) is 0. The van der Waals surface area contributed by atoms with Crippen molar-refractivity contribution in [2.45, 2.75) is 20.8 Å². The monoisotopic (exact) mass is 482 g/mol. The molecule has 0 N–H and O–H groups in total. The zero-order valence-corrected chi connectivity index (χ0v) is 20.4. The predicted octanol–water partition coefficient (Wildman–Crippen LogP) is 6.47. The fraction of sp³-hybridized carbons (Fsp3) is 0.100. The van der Waals surface area contributed by atoms with Crippen LogP contribution in [0.15, 0.2) is 103 Å². The molecule has 0 radical (unpaired) electrons. The number of esters is 3. The van der Waals surface area contributed by atoms with E-state index in [1.165, 1.54) is 0 Å². The van der Waals surface area contributed by atoms with Crippen molar-refractivity contribution in [3.05, 3.63) is 103 Å². The molecule has 0 spiro atoms. The molecule has 0 atom stereocenters. The first kappa shape index (κ1) is 25.9. The second-order valence-corrected chi connectivity index (χ2v) is 8.27. The zero-order chi connectivity index (χ0) is 26.4. The van der Waals surface area contributed by atoms with E-state index in [9.17, 15) is 14.4 Å². The first-order chi connectivity index (χ1) is 17.0. The maximum absolute atomic E-state index is 12.3. The minimum absolute atomic E-state index is 0.261. The van der Waals surface area contributed by atoms with Gasteiger partial charge >= 0.3 is 17.9 Å². The molecular formula is C30H26O6. The van der Waals surface area contributed by atoms with Crippen molar-refractivity contribution in [3.8, 4) is 39.5 Å². The van der Waals surface area contributed by atoms with Gasteiger partial charge in [0.25, 0.3) is 0 Å². The van der Waals surface area contributed by atoms with E-state index in [0.29, 0.717) is 34.0 Å². The van der Waals surface area contributed by atoms with E-state index in [1.54, 1.807) is 75.4 Å². The van der Waals surface area contributed by atoms with Crippen LogP contribution in [0.1, 0.15) is 20.8 Å². The Balaban J connectivity index is 1.94. The summed E-state index contributed by atoms with van der Waals surface area (Å²) in [6.07, 6.45) is 0. The Morgan fingerprint density at radius 1 is 0.528 bits per heavy atom. The minimum atomic E-state index is -0.553. The van der Waals surface area contributed by atoms with Crippen molar-refractivity contribution in [1.82, 2.24) is 0 Å².